The lowest BCUT2D eigenvalue weighted by molar-refractivity contribution is -0.142. The summed E-state index contributed by atoms with van der Waals surface area (Å²) in [6, 6.07) is 0. The molecule has 0 aliphatic rings. The van der Waals surface area contributed by atoms with E-state index in [4.69, 9.17) is 4.74 Å². The molecule has 0 fully saturated rings. The summed E-state index contributed by atoms with van der Waals surface area (Å²) in [5.74, 6) is 1.17. The second-order valence-corrected chi connectivity index (χ2v) is 5.97. The molecule has 4 heteroatoms. The van der Waals surface area contributed by atoms with Crippen molar-refractivity contribution < 1.29 is 13.9 Å². The number of esters is 1. The molecule has 0 saturated heterocycles. The van der Waals surface area contributed by atoms with Gasteiger partial charge in [-0.25, -0.2) is 4.39 Å². The smallest absolute Gasteiger partial charge is 0.319 e. The summed E-state index contributed by atoms with van der Waals surface area (Å²) in [6.45, 7) is 8.00. The second kappa shape index (κ2) is 9.75. The Hall–Kier alpha value is -0.250. The zero-order chi connectivity index (χ0) is 13.3. The standard InChI is InChI=1S/C13H25FO2S/c1-5-16-13(15)12(9-10(2)3)17-8-6-7-11(4)14/h10-12H,5-9H2,1-4H3. The van der Waals surface area contributed by atoms with E-state index >= 15 is 0 Å². The molecular weight excluding hydrogens is 239 g/mol. The van der Waals surface area contributed by atoms with Crippen LogP contribution in [0, 0.1) is 5.92 Å². The summed E-state index contributed by atoms with van der Waals surface area (Å²) in [5, 5.41) is -0.0927. The van der Waals surface area contributed by atoms with Gasteiger partial charge in [0.1, 0.15) is 5.25 Å². The van der Waals surface area contributed by atoms with E-state index in [-0.39, 0.29) is 11.2 Å². The maximum Gasteiger partial charge on any atom is 0.319 e. The molecular formula is C13H25FO2S. The van der Waals surface area contributed by atoms with Crippen molar-refractivity contribution in [2.24, 2.45) is 5.92 Å². The zero-order valence-electron chi connectivity index (χ0n) is 11.4. The molecule has 17 heavy (non-hydrogen) atoms. The molecule has 0 spiro atoms. The van der Waals surface area contributed by atoms with Crippen LogP contribution < -0.4 is 0 Å². The van der Waals surface area contributed by atoms with Gasteiger partial charge < -0.3 is 4.74 Å². The molecule has 0 aromatic heterocycles. The van der Waals surface area contributed by atoms with Crippen LogP contribution in [-0.2, 0) is 9.53 Å². The van der Waals surface area contributed by atoms with Crippen LogP contribution in [0.25, 0.3) is 0 Å². The maximum atomic E-state index is 12.6. The van der Waals surface area contributed by atoms with Crippen LogP contribution in [0.3, 0.4) is 0 Å². The molecule has 0 aromatic carbocycles. The molecule has 0 bridgehead atoms. The van der Waals surface area contributed by atoms with Crippen molar-refractivity contribution in [1.29, 1.82) is 0 Å². The third-order valence-electron chi connectivity index (χ3n) is 2.30. The largest absolute Gasteiger partial charge is 0.465 e. The van der Waals surface area contributed by atoms with Crippen molar-refractivity contribution in [2.75, 3.05) is 12.4 Å². The van der Waals surface area contributed by atoms with E-state index < -0.39 is 6.17 Å². The predicted octanol–water partition coefficient (Wildman–Crippen LogP) is 3.84. The molecule has 0 aromatic rings. The molecule has 2 unspecified atom stereocenters. The van der Waals surface area contributed by atoms with Crippen LogP contribution in [-0.4, -0.2) is 29.8 Å². The van der Waals surface area contributed by atoms with Gasteiger partial charge in [0.15, 0.2) is 0 Å². The van der Waals surface area contributed by atoms with Gasteiger partial charge in [-0.15, -0.1) is 11.8 Å². The van der Waals surface area contributed by atoms with E-state index in [9.17, 15) is 9.18 Å². The minimum absolute atomic E-state index is 0.0927. The SMILES string of the molecule is CCOC(=O)C(CC(C)C)SCCCC(C)F. The van der Waals surface area contributed by atoms with Gasteiger partial charge in [-0.05, 0) is 44.8 Å². The van der Waals surface area contributed by atoms with Gasteiger partial charge in [0.05, 0.1) is 12.8 Å². The van der Waals surface area contributed by atoms with Gasteiger partial charge in [-0.3, -0.25) is 4.79 Å². The highest BCUT2D eigenvalue weighted by Gasteiger charge is 2.21. The van der Waals surface area contributed by atoms with Gasteiger partial charge in [-0.2, -0.15) is 0 Å². The monoisotopic (exact) mass is 264 g/mol. The number of ether oxygens (including phenoxy) is 1. The van der Waals surface area contributed by atoms with Crippen molar-refractivity contribution in [3.8, 4) is 0 Å². The number of hydrogen-bond donors (Lipinski definition) is 0. The van der Waals surface area contributed by atoms with Gasteiger partial charge in [0, 0.05) is 0 Å². The van der Waals surface area contributed by atoms with E-state index in [1.54, 1.807) is 18.7 Å². The predicted molar refractivity (Wildman–Crippen MR) is 72.1 cm³/mol. The van der Waals surface area contributed by atoms with E-state index in [2.05, 4.69) is 13.8 Å². The topological polar surface area (TPSA) is 26.3 Å². The average molecular weight is 264 g/mol. The average Bonchev–Trinajstić information content (AvgIpc) is 2.22. The minimum Gasteiger partial charge on any atom is -0.465 e. The minimum atomic E-state index is -0.748. The Balaban J connectivity index is 3.97. The molecule has 2 nitrogen and oxygen atoms in total. The molecule has 2 atom stereocenters. The van der Waals surface area contributed by atoms with Crippen LogP contribution >= 0.6 is 11.8 Å². The van der Waals surface area contributed by atoms with Gasteiger partial charge in [0.2, 0.25) is 0 Å². The number of carbonyl (C=O) groups is 1. The highest BCUT2D eigenvalue weighted by atomic mass is 32.2. The van der Waals surface area contributed by atoms with Crippen LogP contribution in [0.5, 0.6) is 0 Å². The first-order chi connectivity index (χ1) is 7.97. The number of rotatable bonds is 9. The van der Waals surface area contributed by atoms with Gasteiger partial charge in [-0.1, -0.05) is 13.8 Å². The zero-order valence-corrected chi connectivity index (χ0v) is 12.2. The molecule has 0 rings (SSSR count). The Morgan fingerprint density at radius 1 is 1.35 bits per heavy atom. The Morgan fingerprint density at radius 2 is 2.00 bits per heavy atom. The summed E-state index contributed by atoms with van der Waals surface area (Å²) in [5.41, 5.74) is 0. The Labute approximate surface area is 109 Å². The lowest BCUT2D eigenvalue weighted by Gasteiger charge is -2.17. The van der Waals surface area contributed by atoms with Crippen molar-refractivity contribution in [3.05, 3.63) is 0 Å². The summed E-state index contributed by atoms with van der Waals surface area (Å²) in [7, 11) is 0. The van der Waals surface area contributed by atoms with Gasteiger partial charge in [0.25, 0.3) is 0 Å². The normalized spacial score (nSPS) is 14.7. The Kier molecular flexibility index (Phi) is 9.60. The van der Waals surface area contributed by atoms with Crippen LogP contribution in [0.15, 0.2) is 0 Å². The molecule has 0 aliphatic heterocycles. The first-order valence-electron chi connectivity index (χ1n) is 6.39. The lowest BCUT2D eigenvalue weighted by Crippen LogP contribution is -2.22. The Morgan fingerprint density at radius 3 is 2.47 bits per heavy atom. The highest BCUT2D eigenvalue weighted by Crippen LogP contribution is 2.22. The van der Waals surface area contributed by atoms with E-state index in [1.165, 1.54) is 0 Å². The fraction of sp³-hybridized carbons (Fsp3) is 0.923. The number of carbonyl (C=O) groups excluding carboxylic acids is 1. The maximum absolute atomic E-state index is 12.6. The first-order valence-corrected chi connectivity index (χ1v) is 7.44. The molecule has 0 radical (unpaired) electrons. The Bertz CT molecular complexity index is 208. The van der Waals surface area contributed by atoms with E-state index in [1.807, 2.05) is 6.92 Å². The fourth-order valence-corrected chi connectivity index (χ4v) is 2.83. The fourth-order valence-electron chi connectivity index (χ4n) is 1.49. The lowest BCUT2D eigenvalue weighted by atomic mass is 10.1. The summed E-state index contributed by atoms with van der Waals surface area (Å²) in [4.78, 5) is 11.7. The van der Waals surface area contributed by atoms with E-state index in [0.717, 1.165) is 18.6 Å². The molecule has 0 heterocycles. The quantitative estimate of drug-likeness (QED) is 0.467. The summed E-state index contributed by atoms with van der Waals surface area (Å²) in [6.07, 6.45) is 1.47. The third kappa shape index (κ3) is 9.45. The van der Waals surface area contributed by atoms with Crippen molar-refractivity contribution >= 4 is 17.7 Å². The third-order valence-corrected chi connectivity index (χ3v) is 3.61. The van der Waals surface area contributed by atoms with Gasteiger partial charge >= 0.3 is 5.97 Å². The van der Waals surface area contributed by atoms with Crippen LogP contribution in [0.2, 0.25) is 0 Å². The number of hydrogen-bond acceptors (Lipinski definition) is 3. The van der Waals surface area contributed by atoms with E-state index in [0.29, 0.717) is 18.9 Å². The van der Waals surface area contributed by atoms with Crippen LogP contribution in [0.1, 0.15) is 47.0 Å². The van der Waals surface area contributed by atoms with Crippen molar-refractivity contribution in [2.45, 2.75) is 58.4 Å². The summed E-state index contributed by atoms with van der Waals surface area (Å²) < 4.78 is 17.7. The number of halogens is 1. The second-order valence-electron chi connectivity index (χ2n) is 4.66. The molecule has 0 aliphatic carbocycles. The van der Waals surface area contributed by atoms with Crippen molar-refractivity contribution in [1.82, 2.24) is 0 Å². The van der Waals surface area contributed by atoms with Crippen molar-refractivity contribution in [3.63, 3.8) is 0 Å². The first kappa shape index (κ1) is 16.8. The molecule has 102 valence electrons. The molecule has 0 saturated carbocycles. The number of alkyl halides is 1. The number of thioether (sulfide) groups is 1. The van der Waals surface area contributed by atoms with Crippen LogP contribution in [0.4, 0.5) is 4.39 Å². The molecule has 0 amide bonds. The summed E-state index contributed by atoms with van der Waals surface area (Å²) >= 11 is 1.60. The highest BCUT2D eigenvalue weighted by molar-refractivity contribution is 8.00. The molecule has 0 N–H and O–H groups in total.